The number of hydrogen-bond acceptors (Lipinski definition) is 3. The van der Waals surface area contributed by atoms with Crippen molar-refractivity contribution in [2.75, 3.05) is 6.61 Å². The molecule has 0 fully saturated rings. The van der Waals surface area contributed by atoms with E-state index in [-0.39, 0.29) is 5.56 Å². The van der Waals surface area contributed by atoms with Crippen molar-refractivity contribution < 1.29 is 23.8 Å². The largest absolute Gasteiger partial charge is 0.478 e. The molecule has 0 radical (unpaired) electrons. The zero-order valence-corrected chi connectivity index (χ0v) is 11.3. The van der Waals surface area contributed by atoms with Crippen molar-refractivity contribution >= 4 is 11.9 Å². The molecule has 0 aliphatic rings. The van der Waals surface area contributed by atoms with Gasteiger partial charge in [-0.05, 0) is 42.3 Å². The summed E-state index contributed by atoms with van der Waals surface area (Å²) in [7, 11) is 0. The summed E-state index contributed by atoms with van der Waals surface area (Å²) in [5.74, 6) is -2.53. The number of carboxylic acids is 1. The van der Waals surface area contributed by atoms with Crippen LogP contribution in [0.5, 0.6) is 0 Å². The van der Waals surface area contributed by atoms with Crippen molar-refractivity contribution in [2.45, 2.75) is 6.92 Å². The Morgan fingerprint density at radius 2 is 1.71 bits per heavy atom. The molecule has 5 heteroatoms. The van der Waals surface area contributed by atoms with Crippen LogP contribution in [0, 0.1) is 5.82 Å². The maximum Gasteiger partial charge on any atom is 0.338 e. The average molecular weight is 288 g/mol. The van der Waals surface area contributed by atoms with Crippen molar-refractivity contribution in [2.24, 2.45) is 0 Å². The molecule has 4 nitrogen and oxygen atoms in total. The van der Waals surface area contributed by atoms with Gasteiger partial charge < -0.3 is 9.84 Å². The van der Waals surface area contributed by atoms with Crippen LogP contribution in [0.1, 0.15) is 27.6 Å². The van der Waals surface area contributed by atoms with E-state index in [1.807, 2.05) is 0 Å². The van der Waals surface area contributed by atoms with Gasteiger partial charge in [0.1, 0.15) is 5.82 Å². The van der Waals surface area contributed by atoms with Crippen LogP contribution in [0.3, 0.4) is 0 Å². The number of carboxylic acid groups (broad SMARTS) is 1. The number of hydrogen-bond donors (Lipinski definition) is 1. The van der Waals surface area contributed by atoms with Crippen molar-refractivity contribution in [1.29, 1.82) is 0 Å². The van der Waals surface area contributed by atoms with Gasteiger partial charge in [-0.25, -0.2) is 14.0 Å². The number of carbonyl (C=O) groups excluding carboxylic acids is 1. The Morgan fingerprint density at radius 3 is 2.24 bits per heavy atom. The van der Waals surface area contributed by atoms with Crippen LogP contribution in [0.25, 0.3) is 11.1 Å². The summed E-state index contributed by atoms with van der Waals surface area (Å²) in [5.41, 5.74) is 1.25. The van der Waals surface area contributed by atoms with E-state index in [4.69, 9.17) is 9.84 Å². The molecule has 0 saturated carbocycles. The van der Waals surface area contributed by atoms with E-state index >= 15 is 0 Å². The lowest BCUT2D eigenvalue weighted by Gasteiger charge is -2.06. The first-order valence-corrected chi connectivity index (χ1v) is 6.33. The molecule has 2 aromatic carbocycles. The van der Waals surface area contributed by atoms with Gasteiger partial charge in [0.2, 0.25) is 0 Å². The van der Waals surface area contributed by atoms with Crippen LogP contribution in [0.4, 0.5) is 4.39 Å². The van der Waals surface area contributed by atoms with E-state index in [2.05, 4.69) is 0 Å². The Bertz CT molecular complexity index is 677. The minimum Gasteiger partial charge on any atom is -0.478 e. The SMILES string of the molecule is CCOC(=O)c1ccc(-c2ccc(C(=O)O)c(F)c2)cc1. The molecule has 1 N–H and O–H groups in total. The molecule has 0 saturated heterocycles. The molecule has 0 heterocycles. The minimum absolute atomic E-state index is 0.294. The topological polar surface area (TPSA) is 63.6 Å². The summed E-state index contributed by atoms with van der Waals surface area (Å²) in [6.45, 7) is 2.02. The highest BCUT2D eigenvalue weighted by atomic mass is 19.1. The first-order chi connectivity index (χ1) is 10.0. The smallest absolute Gasteiger partial charge is 0.338 e. The van der Waals surface area contributed by atoms with Gasteiger partial charge in [0, 0.05) is 0 Å². The van der Waals surface area contributed by atoms with Gasteiger partial charge in [0.05, 0.1) is 17.7 Å². The summed E-state index contributed by atoms with van der Waals surface area (Å²) in [4.78, 5) is 22.3. The van der Waals surface area contributed by atoms with E-state index < -0.39 is 17.8 Å². The Morgan fingerprint density at radius 1 is 1.10 bits per heavy atom. The first-order valence-electron chi connectivity index (χ1n) is 6.33. The number of halogens is 1. The molecule has 0 aliphatic carbocycles. The van der Waals surface area contributed by atoms with Crippen LogP contribution in [-0.4, -0.2) is 23.7 Å². The molecule has 108 valence electrons. The second-order valence-corrected chi connectivity index (χ2v) is 4.30. The molecule has 0 amide bonds. The molecule has 0 spiro atoms. The van der Waals surface area contributed by atoms with E-state index in [1.54, 1.807) is 31.2 Å². The fraction of sp³-hybridized carbons (Fsp3) is 0.125. The van der Waals surface area contributed by atoms with Crippen molar-refractivity contribution in [1.82, 2.24) is 0 Å². The third-order valence-corrected chi connectivity index (χ3v) is 2.93. The lowest BCUT2D eigenvalue weighted by molar-refractivity contribution is 0.0525. The normalized spacial score (nSPS) is 10.2. The molecule has 0 bridgehead atoms. The second kappa shape index (κ2) is 6.17. The average Bonchev–Trinajstić information content (AvgIpc) is 2.47. The van der Waals surface area contributed by atoms with Crippen molar-refractivity contribution in [3.8, 4) is 11.1 Å². The van der Waals surface area contributed by atoms with Gasteiger partial charge in [-0.1, -0.05) is 18.2 Å². The van der Waals surface area contributed by atoms with E-state index in [0.29, 0.717) is 23.3 Å². The van der Waals surface area contributed by atoms with Gasteiger partial charge in [-0.3, -0.25) is 0 Å². The Kier molecular flexibility index (Phi) is 4.33. The first kappa shape index (κ1) is 14.7. The zero-order valence-electron chi connectivity index (χ0n) is 11.3. The summed E-state index contributed by atoms with van der Waals surface area (Å²) >= 11 is 0. The fourth-order valence-corrected chi connectivity index (χ4v) is 1.88. The minimum atomic E-state index is -1.31. The molecular formula is C16H13FO4. The van der Waals surface area contributed by atoms with Crippen LogP contribution in [0.15, 0.2) is 42.5 Å². The Labute approximate surface area is 120 Å². The van der Waals surface area contributed by atoms with Gasteiger partial charge in [0.15, 0.2) is 0 Å². The lowest BCUT2D eigenvalue weighted by atomic mass is 10.0. The maximum absolute atomic E-state index is 13.6. The molecule has 0 unspecified atom stereocenters. The van der Waals surface area contributed by atoms with Crippen LogP contribution >= 0.6 is 0 Å². The van der Waals surface area contributed by atoms with Gasteiger partial charge in [-0.15, -0.1) is 0 Å². The molecule has 21 heavy (non-hydrogen) atoms. The standard InChI is InChI=1S/C16H13FO4/c1-2-21-16(20)11-5-3-10(4-6-11)12-7-8-13(15(18)19)14(17)9-12/h3-9H,2H2,1H3,(H,18,19). The highest BCUT2D eigenvalue weighted by molar-refractivity contribution is 5.90. The summed E-state index contributed by atoms with van der Waals surface area (Å²) in [6.07, 6.45) is 0. The molecule has 2 aromatic rings. The summed E-state index contributed by atoms with van der Waals surface area (Å²) in [5, 5.41) is 8.78. The third kappa shape index (κ3) is 3.25. The molecule has 0 atom stereocenters. The number of carbonyl (C=O) groups is 2. The van der Waals surface area contributed by atoms with Crippen LogP contribution < -0.4 is 0 Å². The van der Waals surface area contributed by atoms with Crippen LogP contribution in [0.2, 0.25) is 0 Å². The van der Waals surface area contributed by atoms with E-state index in [1.165, 1.54) is 12.1 Å². The number of benzene rings is 2. The van der Waals surface area contributed by atoms with Crippen molar-refractivity contribution in [3.63, 3.8) is 0 Å². The highest BCUT2D eigenvalue weighted by Gasteiger charge is 2.12. The molecule has 2 rings (SSSR count). The molecular weight excluding hydrogens is 275 g/mol. The van der Waals surface area contributed by atoms with Crippen LogP contribution in [-0.2, 0) is 4.74 Å². The van der Waals surface area contributed by atoms with E-state index in [9.17, 15) is 14.0 Å². The Balaban J connectivity index is 2.29. The zero-order chi connectivity index (χ0) is 15.4. The highest BCUT2D eigenvalue weighted by Crippen LogP contribution is 2.22. The molecule has 0 aromatic heterocycles. The second-order valence-electron chi connectivity index (χ2n) is 4.30. The Hall–Kier alpha value is -2.69. The predicted molar refractivity (Wildman–Crippen MR) is 74.8 cm³/mol. The summed E-state index contributed by atoms with van der Waals surface area (Å²) in [6, 6.07) is 10.4. The van der Waals surface area contributed by atoms with Gasteiger partial charge >= 0.3 is 11.9 Å². The van der Waals surface area contributed by atoms with Gasteiger partial charge in [0.25, 0.3) is 0 Å². The quantitative estimate of drug-likeness (QED) is 0.876. The number of esters is 1. The maximum atomic E-state index is 13.6. The molecule has 0 aliphatic heterocycles. The third-order valence-electron chi connectivity index (χ3n) is 2.93. The van der Waals surface area contributed by atoms with Crippen molar-refractivity contribution in [3.05, 3.63) is 59.4 Å². The summed E-state index contributed by atoms with van der Waals surface area (Å²) < 4.78 is 18.5. The van der Waals surface area contributed by atoms with Gasteiger partial charge in [-0.2, -0.15) is 0 Å². The predicted octanol–water partition coefficient (Wildman–Crippen LogP) is 3.37. The monoisotopic (exact) mass is 288 g/mol. The van der Waals surface area contributed by atoms with E-state index in [0.717, 1.165) is 6.07 Å². The number of rotatable bonds is 4. The lowest BCUT2D eigenvalue weighted by Crippen LogP contribution is -2.04. The number of ether oxygens (including phenoxy) is 1. The fourth-order valence-electron chi connectivity index (χ4n) is 1.88. The number of aromatic carboxylic acids is 1.